The van der Waals surface area contributed by atoms with Gasteiger partial charge in [0.1, 0.15) is 22.8 Å². The first-order valence-corrected chi connectivity index (χ1v) is 11.4. The number of fused-ring (bicyclic) bond motifs is 3. The van der Waals surface area contributed by atoms with E-state index in [2.05, 4.69) is 36.5 Å². The number of hydrogen-bond acceptors (Lipinski definition) is 5. The quantitative estimate of drug-likeness (QED) is 0.195. The molecule has 1 saturated carbocycles. The van der Waals surface area contributed by atoms with E-state index >= 15 is 0 Å². The Morgan fingerprint density at radius 1 is 1.18 bits per heavy atom. The zero-order valence-electron chi connectivity index (χ0n) is 18.6. The second kappa shape index (κ2) is 11.2. The smallest absolute Gasteiger partial charge is 0.139 e. The van der Waals surface area contributed by atoms with Crippen molar-refractivity contribution in [2.24, 2.45) is 10.9 Å². The van der Waals surface area contributed by atoms with Crippen molar-refractivity contribution in [3.8, 4) is 6.07 Å². The number of rotatable bonds is 5. The van der Waals surface area contributed by atoms with Crippen LogP contribution in [0.4, 0.5) is 0 Å². The molecule has 3 aromatic heterocycles. The molecule has 0 unspecified atom stereocenters. The van der Waals surface area contributed by atoms with Crippen molar-refractivity contribution in [1.29, 1.82) is 5.26 Å². The van der Waals surface area contributed by atoms with Crippen molar-refractivity contribution in [3.05, 3.63) is 60.2 Å². The fourth-order valence-corrected chi connectivity index (χ4v) is 4.21. The highest BCUT2D eigenvalue weighted by Crippen LogP contribution is 2.25. The van der Waals surface area contributed by atoms with Crippen LogP contribution < -0.4 is 5.48 Å². The second-order valence-electron chi connectivity index (χ2n) is 8.35. The average Bonchev–Trinajstić information content (AvgIpc) is 3.50. The Balaban J connectivity index is 0.000000243. The lowest BCUT2D eigenvalue weighted by Crippen LogP contribution is -2.21. The maximum absolute atomic E-state index is 9.29. The minimum Gasteiger partial charge on any atom is -0.346 e. The topological polar surface area (TPSA) is 126 Å². The van der Waals surface area contributed by atoms with Crippen LogP contribution in [0.1, 0.15) is 49.9 Å². The Morgan fingerprint density at radius 2 is 2.00 bits per heavy atom. The molecule has 8 nitrogen and oxygen atoms in total. The summed E-state index contributed by atoms with van der Waals surface area (Å²) in [5, 5.41) is 18.6. The van der Waals surface area contributed by atoms with E-state index in [1.165, 1.54) is 32.1 Å². The molecule has 0 saturated heterocycles. The van der Waals surface area contributed by atoms with E-state index in [9.17, 15) is 5.21 Å². The molecule has 0 bridgehead atoms. The van der Waals surface area contributed by atoms with E-state index in [0.29, 0.717) is 18.8 Å². The Labute approximate surface area is 192 Å². The number of nitriles is 1. The summed E-state index contributed by atoms with van der Waals surface area (Å²) < 4.78 is 0. The molecule has 1 aromatic carbocycles. The van der Waals surface area contributed by atoms with E-state index in [1.807, 2.05) is 42.6 Å². The highest BCUT2D eigenvalue weighted by atomic mass is 16.5. The molecule has 0 atom stereocenters. The van der Waals surface area contributed by atoms with Crippen molar-refractivity contribution < 1.29 is 5.21 Å². The lowest BCUT2D eigenvalue weighted by atomic mass is 9.87. The SMILES string of the molecule is N#CCC1CCCCC1.ONC(Cc1ccccc1)=NCc1nc2c(cnc3[nH]ccc32)[nH]1. The fraction of sp³-hybridized carbons (Fsp3) is 0.360. The Hall–Kier alpha value is -3.70. The summed E-state index contributed by atoms with van der Waals surface area (Å²) in [6, 6.07) is 14.0. The van der Waals surface area contributed by atoms with Crippen molar-refractivity contribution in [1.82, 2.24) is 25.4 Å². The zero-order valence-corrected chi connectivity index (χ0v) is 18.6. The largest absolute Gasteiger partial charge is 0.346 e. The van der Waals surface area contributed by atoms with E-state index in [1.54, 1.807) is 6.20 Å². The van der Waals surface area contributed by atoms with Gasteiger partial charge in [0.25, 0.3) is 0 Å². The number of amidine groups is 1. The number of aromatic nitrogens is 4. The van der Waals surface area contributed by atoms with Gasteiger partial charge in [-0.3, -0.25) is 15.7 Å². The van der Waals surface area contributed by atoms with E-state index in [4.69, 9.17) is 5.26 Å². The summed E-state index contributed by atoms with van der Waals surface area (Å²) in [4.78, 5) is 19.6. The van der Waals surface area contributed by atoms with Gasteiger partial charge in [0.15, 0.2) is 0 Å². The number of benzene rings is 1. The molecule has 4 N–H and O–H groups in total. The molecule has 4 aromatic rings. The molecule has 5 rings (SSSR count). The van der Waals surface area contributed by atoms with Crippen LogP contribution in [0.2, 0.25) is 0 Å². The molecule has 0 amide bonds. The number of aromatic amines is 2. The first kappa shape index (κ1) is 22.5. The predicted octanol–water partition coefficient (Wildman–Crippen LogP) is 5.04. The van der Waals surface area contributed by atoms with Crippen LogP contribution >= 0.6 is 0 Å². The summed E-state index contributed by atoms with van der Waals surface area (Å²) in [5.74, 6) is 1.96. The highest BCUT2D eigenvalue weighted by Gasteiger charge is 2.12. The van der Waals surface area contributed by atoms with E-state index < -0.39 is 0 Å². The first-order valence-electron chi connectivity index (χ1n) is 11.4. The van der Waals surface area contributed by atoms with Crippen molar-refractivity contribution >= 4 is 27.9 Å². The van der Waals surface area contributed by atoms with Gasteiger partial charge in [-0.05, 0) is 30.4 Å². The van der Waals surface area contributed by atoms with E-state index in [0.717, 1.165) is 45.8 Å². The number of nitrogens with zero attached hydrogens (tertiary/aromatic N) is 4. The monoisotopic (exact) mass is 443 g/mol. The van der Waals surface area contributed by atoms with Crippen molar-refractivity contribution in [3.63, 3.8) is 0 Å². The second-order valence-corrected chi connectivity index (χ2v) is 8.35. The standard InChI is InChI=1S/C17H16N6O.C8H13N/c24-23-14(8-11-4-2-1-3-5-11)19-10-15-21-13-9-20-17-12(6-7-18-17)16(13)22-15;9-7-6-8-4-2-1-3-5-8/h1-7,9,24H,8,10H2,(H,18,20)(H,19,23)(H,21,22);8H,1-6H2. The van der Waals surface area contributed by atoms with Gasteiger partial charge in [-0.25, -0.2) is 9.97 Å². The number of pyridine rings is 1. The maximum Gasteiger partial charge on any atom is 0.139 e. The summed E-state index contributed by atoms with van der Waals surface area (Å²) in [7, 11) is 0. The van der Waals surface area contributed by atoms with Crippen LogP contribution in [-0.2, 0) is 13.0 Å². The fourth-order valence-electron chi connectivity index (χ4n) is 4.21. The number of nitrogens with one attached hydrogen (secondary N) is 3. The molecule has 3 heterocycles. The van der Waals surface area contributed by atoms with E-state index in [-0.39, 0.29) is 0 Å². The lowest BCUT2D eigenvalue weighted by molar-refractivity contribution is 0.232. The van der Waals surface area contributed by atoms with Crippen LogP contribution in [-0.4, -0.2) is 31.0 Å². The van der Waals surface area contributed by atoms with Gasteiger partial charge >= 0.3 is 0 Å². The van der Waals surface area contributed by atoms with Crippen LogP contribution in [0.25, 0.3) is 22.1 Å². The average molecular weight is 444 g/mol. The van der Waals surface area contributed by atoms with Crippen molar-refractivity contribution in [2.45, 2.75) is 51.5 Å². The highest BCUT2D eigenvalue weighted by molar-refractivity contribution is 6.00. The molecule has 1 fully saturated rings. The number of hydrogen-bond donors (Lipinski definition) is 4. The minimum absolute atomic E-state index is 0.344. The Morgan fingerprint density at radius 3 is 2.76 bits per heavy atom. The molecule has 0 spiro atoms. The van der Waals surface area contributed by atoms with Crippen LogP contribution in [0.3, 0.4) is 0 Å². The first-order chi connectivity index (χ1) is 16.3. The van der Waals surface area contributed by atoms with Gasteiger partial charge in [-0.2, -0.15) is 5.26 Å². The number of hydroxylamine groups is 1. The summed E-state index contributed by atoms with van der Waals surface area (Å²) >= 11 is 0. The molecular formula is C25H29N7O. The number of imidazole rings is 1. The Kier molecular flexibility index (Phi) is 7.67. The summed E-state index contributed by atoms with van der Waals surface area (Å²) in [6.07, 6.45) is 11.6. The van der Waals surface area contributed by atoms with Crippen molar-refractivity contribution in [2.75, 3.05) is 0 Å². The third kappa shape index (κ3) is 5.96. The molecule has 170 valence electrons. The summed E-state index contributed by atoms with van der Waals surface area (Å²) in [5.41, 5.74) is 5.79. The molecule has 33 heavy (non-hydrogen) atoms. The molecule has 8 heteroatoms. The minimum atomic E-state index is 0.344. The lowest BCUT2D eigenvalue weighted by Gasteiger charge is -2.17. The molecular weight excluding hydrogens is 414 g/mol. The maximum atomic E-state index is 9.29. The Bertz CT molecular complexity index is 1230. The van der Waals surface area contributed by atoms with Gasteiger partial charge in [-0.1, -0.05) is 49.6 Å². The zero-order chi connectivity index (χ0) is 22.9. The molecule has 0 radical (unpaired) electrons. The third-order valence-corrected chi connectivity index (χ3v) is 5.95. The molecule has 1 aliphatic rings. The van der Waals surface area contributed by atoms with Gasteiger partial charge in [0.2, 0.25) is 0 Å². The van der Waals surface area contributed by atoms with Gasteiger partial charge < -0.3 is 9.97 Å². The van der Waals surface area contributed by atoms with Gasteiger partial charge in [-0.15, -0.1) is 0 Å². The molecule has 0 aliphatic heterocycles. The van der Waals surface area contributed by atoms with Gasteiger partial charge in [0.05, 0.1) is 24.3 Å². The third-order valence-electron chi connectivity index (χ3n) is 5.95. The summed E-state index contributed by atoms with van der Waals surface area (Å²) in [6.45, 7) is 0.344. The number of aliphatic imine (C=N–C) groups is 1. The van der Waals surface area contributed by atoms with Gasteiger partial charge in [0, 0.05) is 24.4 Å². The normalized spacial score (nSPS) is 14.6. The molecule has 1 aliphatic carbocycles. The van der Waals surface area contributed by atoms with Crippen LogP contribution in [0.15, 0.2) is 53.8 Å². The number of H-pyrrole nitrogens is 2. The predicted molar refractivity (Wildman–Crippen MR) is 129 cm³/mol. The van der Waals surface area contributed by atoms with Crippen LogP contribution in [0.5, 0.6) is 0 Å². The van der Waals surface area contributed by atoms with Crippen LogP contribution in [0, 0.1) is 17.2 Å².